The second kappa shape index (κ2) is 9.28. The molecule has 1 fully saturated rings. The first-order chi connectivity index (χ1) is 13.4. The molecule has 28 heavy (non-hydrogen) atoms. The van der Waals surface area contributed by atoms with Crippen LogP contribution >= 0.6 is 23.2 Å². The van der Waals surface area contributed by atoms with Crippen molar-refractivity contribution >= 4 is 35.1 Å². The fourth-order valence-corrected chi connectivity index (χ4v) is 3.58. The van der Waals surface area contributed by atoms with E-state index in [1.807, 2.05) is 0 Å². The number of benzene rings is 2. The van der Waals surface area contributed by atoms with Crippen molar-refractivity contribution in [3.63, 3.8) is 0 Å². The van der Waals surface area contributed by atoms with E-state index in [4.69, 9.17) is 27.9 Å². The van der Waals surface area contributed by atoms with Crippen LogP contribution in [0.25, 0.3) is 0 Å². The maximum atomic E-state index is 12.5. The van der Waals surface area contributed by atoms with Crippen LogP contribution in [0.5, 0.6) is 5.75 Å². The van der Waals surface area contributed by atoms with Gasteiger partial charge in [-0.2, -0.15) is 0 Å². The van der Waals surface area contributed by atoms with Gasteiger partial charge in [-0.25, -0.2) is 4.79 Å². The molecule has 0 aromatic heterocycles. The SMILES string of the molecule is O=C(N[C@@H](Cc1ccc(O[C@@H]2CCNC2)cc1)C(=O)O)c1c(Cl)cccc1Cl. The molecule has 1 amide bonds. The Morgan fingerprint density at radius 1 is 1.18 bits per heavy atom. The number of nitrogens with one attached hydrogen (secondary N) is 2. The molecule has 6 nitrogen and oxygen atoms in total. The topological polar surface area (TPSA) is 87.7 Å². The highest BCUT2D eigenvalue weighted by atomic mass is 35.5. The van der Waals surface area contributed by atoms with Gasteiger partial charge in [0.15, 0.2) is 0 Å². The van der Waals surface area contributed by atoms with E-state index in [0.29, 0.717) is 0 Å². The maximum Gasteiger partial charge on any atom is 0.326 e. The minimum Gasteiger partial charge on any atom is -0.489 e. The quantitative estimate of drug-likeness (QED) is 0.637. The van der Waals surface area contributed by atoms with E-state index in [-0.39, 0.29) is 28.1 Å². The Labute approximate surface area is 172 Å². The first-order valence-corrected chi connectivity index (χ1v) is 9.63. The molecule has 1 heterocycles. The Bertz CT molecular complexity index is 832. The third kappa shape index (κ3) is 5.16. The van der Waals surface area contributed by atoms with E-state index in [2.05, 4.69) is 10.6 Å². The lowest BCUT2D eigenvalue weighted by molar-refractivity contribution is -0.139. The summed E-state index contributed by atoms with van der Waals surface area (Å²) in [5.74, 6) is -1.04. The van der Waals surface area contributed by atoms with E-state index in [9.17, 15) is 14.7 Å². The molecule has 2 atom stereocenters. The molecule has 1 aliphatic rings. The Morgan fingerprint density at radius 3 is 2.43 bits per heavy atom. The van der Waals surface area contributed by atoms with Crippen molar-refractivity contribution in [2.45, 2.75) is 25.0 Å². The number of aliphatic carboxylic acids is 1. The van der Waals surface area contributed by atoms with Gasteiger partial charge in [-0.05, 0) is 42.8 Å². The Morgan fingerprint density at radius 2 is 1.86 bits per heavy atom. The maximum absolute atomic E-state index is 12.5. The summed E-state index contributed by atoms with van der Waals surface area (Å²) in [5.41, 5.74) is 0.820. The molecule has 0 bridgehead atoms. The zero-order valence-corrected chi connectivity index (χ0v) is 16.5. The summed E-state index contributed by atoms with van der Waals surface area (Å²) in [4.78, 5) is 24.1. The first kappa shape index (κ1) is 20.5. The molecule has 8 heteroatoms. The van der Waals surface area contributed by atoms with Gasteiger partial charge in [0.05, 0.1) is 15.6 Å². The predicted molar refractivity (Wildman–Crippen MR) is 107 cm³/mol. The number of amides is 1. The fraction of sp³-hybridized carbons (Fsp3) is 0.300. The van der Waals surface area contributed by atoms with Gasteiger partial charge in [0.25, 0.3) is 5.91 Å². The molecule has 1 saturated heterocycles. The van der Waals surface area contributed by atoms with Crippen LogP contribution in [0.3, 0.4) is 0 Å². The van der Waals surface area contributed by atoms with Crippen LogP contribution in [0.1, 0.15) is 22.3 Å². The normalized spacial score (nSPS) is 17.1. The molecule has 0 saturated carbocycles. The summed E-state index contributed by atoms with van der Waals surface area (Å²) in [6, 6.07) is 10.7. The Balaban J connectivity index is 1.66. The van der Waals surface area contributed by atoms with Crippen LogP contribution in [0, 0.1) is 0 Å². The average Bonchev–Trinajstić information content (AvgIpc) is 3.15. The Kier molecular flexibility index (Phi) is 6.78. The minimum atomic E-state index is -1.14. The van der Waals surface area contributed by atoms with Crippen molar-refractivity contribution in [2.75, 3.05) is 13.1 Å². The van der Waals surface area contributed by atoms with Crippen LogP contribution in [0.4, 0.5) is 0 Å². The van der Waals surface area contributed by atoms with Crippen LogP contribution < -0.4 is 15.4 Å². The van der Waals surface area contributed by atoms with Gasteiger partial charge in [0, 0.05) is 13.0 Å². The molecule has 0 radical (unpaired) electrons. The lowest BCUT2D eigenvalue weighted by Gasteiger charge is -2.17. The second-order valence-corrected chi connectivity index (χ2v) is 7.36. The Hall–Kier alpha value is -2.28. The lowest BCUT2D eigenvalue weighted by atomic mass is 10.0. The highest BCUT2D eigenvalue weighted by molar-refractivity contribution is 6.39. The number of ether oxygens (including phenoxy) is 1. The molecule has 0 spiro atoms. The third-order valence-corrected chi connectivity index (χ3v) is 5.10. The molecule has 2 aromatic rings. The summed E-state index contributed by atoms with van der Waals surface area (Å²) in [7, 11) is 0. The number of carbonyl (C=O) groups excluding carboxylic acids is 1. The van der Waals surface area contributed by atoms with Gasteiger partial charge in [-0.1, -0.05) is 41.4 Å². The van der Waals surface area contributed by atoms with Crippen LogP contribution in [-0.2, 0) is 11.2 Å². The van der Waals surface area contributed by atoms with Crippen molar-refractivity contribution in [1.82, 2.24) is 10.6 Å². The van der Waals surface area contributed by atoms with Gasteiger partial charge in [0.1, 0.15) is 17.9 Å². The molecule has 0 unspecified atom stereocenters. The van der Waals surface area contributed by atoms with E-state index in [1.165, 1.54) is 12.1 Å². The number of hydrogen-bond acceptors (Lipinski definition) is 4. The van der Waals surface area contributed by atoms with E-state index in [0.717, 1.165) is 30.8 Å². The second-order valence-electron chi connectivity index (χ2n) is 6.54. The average molecular weight is 423 g/mol. The number of carboxylic acid groups (broad SMARTS) is 1. The smallest absolute Gasteiger partial charge is 0.326 e. The van der Waals surface area contributed by atoms with Crippen molar-refractivity contribution in [3.8, 4) is 5.75 Å². The third-order valence-electron chi connectivity index (χ3n) is 4.47. The number of halogens is 2. The summed E-state index contributed by atoms with van der Waals surface area (Å²) < 4.78 is 5.85. The van der Waals surface area contributed by atoms with E-state index in [1.54, 1.807) is 30.3 Å². The van der Waals surface area contributed by atoms with Crippen molar-refractivity contribution in [2.24, 2.45) is 0 Å². The van der Waals surface area contributed by atoms with E-state index >= 15 is 0 Å². The van der Waals surface area contributed by atoms with Gasteiger partial charge in [-0.15, -0.1) is 0 Å². The number of hydrogen-bond donors (Lipinski definition) is 3. The summed E-state index contributed by atoms with van der Waals surface area (Å²) in [5, 5.41) is 15.6. The molecule has 3 rings (SSSR count). The standard InChI is InChI=1S/C20H20Cl2N2O4/c21-15-2-1-3-16(22)18(15)19(25)24-17(20(26)27)10-12-4-6-13(7-5-12)28-14-8-9-23-11-14/h1-7,14,17,23H,8-11H2,(H,24,25)(H,26,27)/t14-,17+/m1/s1. The minimum absolute atomic E-state index is 0.0611. The van der Waals surface area contributed by atoms with Gasteiger partial charge < -0.3 is 20.5 Å². The molecular weight excluding hydrogens is 403 g/mol. The summed E-state index contributed by atoms with van der Waals surface area (Å²) in [6.07, 6.45) is 1.23. The van der Waals surface area contributed by atoms with Crippen molar-refractivity contribution < 1.29 is 19.4 Å². The monoisotopic (exact) mass is 422 g/mol. The fourth-order valence-electron chi connectivity index (χ4n) is 3.01. The van der Waals surface area contributed by atoms with Gasteiger partial charge in [0.2, 0.25) is 0 Å². The lowest BCUT2D eigenvalue weighted by Crippen LogP contribution is -2.42. The first-order valence-electron chi connectivity index (χ1n) is 8.88. The molecule has 3 N–H and O–H groups in total. The largest absolute Gasteiger partial charge is 0.489 e. The van der Waals surface area contributed by atoms with E-state index < -0.39 is 17.9 Å². The summed E-state index contributed by atoms with van der Waals surface area (Å²) >= 11 is 12.0. The van der Waals surface area contributed by atoms with Crippen molar-refractivity contribution in [1.29, 1.82) is 0 Å². The number of carbonyl (C=O) groups is 2. The predicted octanol–water partition coefficient (Wildman–Crippen LogP) is 3.16. The highest BCUT2D eigenvalue weighted by Gasteiger charge is 2.24. The zero-order chi connectivity index (χ0) is 20.1. The van der Waals surface area contributed by atoms with Gasteiger partial charge in [-0.3, -0.25) is 4.79 Å². The van der Waals surface area contributed by atoms with Crippen LogP contribution in [-0.4, -0.2) is 42.2 Å². The molecule has 1 aliphatic heterocycles. The molecular formula is C20H20Cl2N2O4. The molecule has 2 aromatic carbocycles. The van der Waals surface area contributed by atoms with Crippen molar-refractivity contribution in [3.05, 3.63) is 63.6 Å². The van der Waals surface area contributed by atoms with Gasteiger partial charge >= 0.3 is 5.97 Å². The zero-order valence-electron chi connectivity index (χ0n) is 15.0. The summed E-state index contributed by atoms with van der Waals surface area (Å²) in [6.45, 7) is 1.76. The highest BCUT2D eigenvalue weighted by Crippen LogP contribution is 2.24. The van der Waals surface area contributed by atoms with Crippen LogP contribution in [0.2, 0.25) is 10.0 Å². The number of carboxylic acids is 1. The number of rotatable bonds is 7. The molecule has 0 aliphatic carbocycles. The van der Waals surface area contributed by atoms with Crippen LogP contribution in [0.15, 0.2) is 42.5 Å². The molecule has 148 valence electrons.